The average molecular weight is 292 g/mol. The van der Waals surface area contributed by atoms with E-state index in [0.29, 0.717) is 18.4 Å². The molecule has 1 aromatic carbocycles. The Bertz CT molecular complexity index is 653. The molecule has 1 N–H and O–H groups in total. The Morgan fingerprint density at radius 2 is 2.19 bits per heavy atom. The number of hydrogen-bond donors (Lipinski definition) is 1. The van der Waals surface area contributed by atoms with E-state index in [0.717, 1.165) is 12.5 Å². The first kappa shape index (κ1) is 13.7. The van der Waals surface area contributed by atoms with E-state index in [2.05, 4.69) is 15.6 Å². The minimum atomic E-state index is -0.741. The highest BCUT2D eigenvalue weighted by molar-refractivity contribution is 5.77. The van der Waals surface area contributed by atoms with Crippen LogP contribution in [0.4, 0.5) is 8.78 Å². The van der Waals surface area contributed by atoms with Gasteiger partial charge in [0, 0.05) is 17.8 Å². The second kappa shape index (κ2) is 5.23. The zero-order valence-electron chi connectivity index (χ0n) is 11.2. The number of nitrogens with zero attached hydrogens (tertiary/aromatic N) is 3. The lowest BCUT2D eigenvalue weighted by molar-refractivity contribution is -0.125. The van der Waals surface area contributed by atoms with Gasteiger partial charge in [-0.05, 0) is 25.3 Å². The Labute approximate surface area is 120 Å². The van der Waals surface area contributed by atoms with Crippen LogP contribution in [0, 0.1) is 11.6 Å². The average Bonchev–Trinajstić information content (AvgIpc) is 2.87. The summed E-state index contributed by atoms with van der Waals surface area (Å²) in [7, 11) is 0. The van der Waals surface area contributed by atoms with Gasteiger partial charge in [0.2, 0.25) is 5.91 Å². The Hall–Kier alpha value is -2.31. The van der Waals surface area contributed by atoms with Crippen molar-refractivity contribution in [1.29, 1.82) is 0 Å². The summed E-state index contributed by atoms with van der Waals surface area (Å²) in [6.07, 6.45) is 5.22. The fourth-order valence-electron chi connectivity index (χ4n) is 2.64. The van der Waals surface area contributed by atoms with E-state index in [4.69, 9.17) is 0 Å². The first-order valence-electron chi connectivity index (χ1n) is 6.70. The topological polar surface area (TPSA) is 59.8 Å². The number of hydrogen-bond acceptors (Lipinski definition) is 3. The number of nitrogens with one attached hydrogen (secondary N) is 1. The molecule has 110 valence electrons. The van der Waals surface area contributed by atoms with E-state index in [-0.39, 0.29) is 12.5 Å². The van der Waals surface area contributed by atoms with Crippen molar-refractivity contribution >= 4 is 5.91 Å². The predicted octanol–water partition coefficient (Wildman–Crippen LogP) is 1.75. The second-order valence-corrected chi connectivity index (χ2v) is 5.21. The van der Waals surface area contributed by atoms with Crippen molar-refractivity contribution in [2.24, 2.45) is 0 Å². The molecule has 21 heavy (non-hydrogen) atoms. The highest BCUT2D eigenvalue weighted by Crippen LogP contribution is 2.42. The summed E-state index contributed by atoms with van der Waals surface area (Å²) in [5, 5.41) is 10.2. The zero-order valence-corrected chi connectivity index (χ0v) is 11.2. The minimum Gasteiger partial charge on any atom is -0.345 e. The van der Waals surface area contributed by atoms with Crippen LogP contribution in [-0.2, 0) is 16.9 Å². The quantitative estimate of drug-likeness (QED) is 0.934. The van der Waals surface area contributed by atoms with E-state index in [1.54, 1.807) is 6.20 Å². The normalized spacial score (nSPS) is 16.3. The van der Waals surface area contributed by atoms with E-state index < -0.39 is 17.2 Å². The van der Waals surface area contributed by atoms with Gasteiger partial charge in [-0.2, -0.15) is 0 Å². The van der Waals surface area contributed by atoms with Crippen LogP contribution in [0.3, 0.4) is 0 Å². The standard InChI is InChI=1S/C14H14F2N4O/c15-10-2-3-11(12(16)8-10)14(4-1-5-14)18-13(21)9-20-7-6-17-19-20/h2-3,6-8H,1,4-5,9H2,(H,18,21). The Morgan fingerprint density at radius 3 is 2.76 bits per heavy atom. The van der Waals surface area contributed by atoms with Crippen LogP contribution in [0.25, 0.3) is 0 Å². The molecule has 2 aromatic rings. The zero-order chi connectivity index (χ0) is 14.9. The molecule has 0 atom stereocenters. The number of benzene rings is 1. The third-order valence-electron chi connectivity index (χ3n) is 3.81. The SMILES string of the molecule is O=C(Cn1ccnn1)NC1(c2ccc(F)cc2F)CCC1. The van der Waals surface area contributed by atoms with Gasteiger partial charge in [-0.15, -0.1) is 5.10 Å². The summed E-state index contributed by atoms with van der Waals surface area (Å²) < 4.78 is 28.4. The molecule has 1 saturated carbocycles. The van der Waals surface area contributed by atoms with Crippen LogP contribution in [0.1, 0.15) is 24.8 Å². The van der Waals surface area contributed by atoms with Crippen molar-refractivity contribution in [1.82, 2.24) is 20.3 Å². The molecule has 1 amide bonds. The van der Waals surface area contributed by atoms with Crippen LogP contribution in [0.5, 0.6) is 0 Å². The van der Waals surface area contributed by atoms with Gasteiger partial charge in [0.1, 0.15) is 18.2 Å². The fraction of sp³-hybridized carbons (Fsp3) is 0.357. The number of amides is 1. The molecule has 0 unspecified atom stereocenters. The summed E-state index contributed by atoms with van der Waals surface area (Å²) in [6.45, 7) is 0.0184. The van der Waals surface area contributed by atoms with Crippen LogP contribution in [-0.4, -0.2) is 20.9 Å². The lowest BCUT2D eigenvalue weighted by Crippen LogP contribution is -2.52. The van der Waals surface area contributed by atoms with Gasteiger partial charge < -0.3 is 5.32 Å². The maximum Gasteiger partial charge on any atom is 0.242 e. The van der Waals surface area contributed by atoms with Crippen molar-refractivity contribution < 1.29 is 13.6 Å². The molecule has 1 aromatic heterocycles. The van der Waals surface area contributed by atoms with Crippen LogP contribution >= 0.6 is 0 Å². The van der Waals surface area contributed by atoms with Crippen molar-refractivity contribution in [2.45, 2.75) is 31.3 Å². The number of carbonyl (C=O) groups excluding carboxylic acids is 1. The minimum absolute atomic E-state index is 0.0184. The lowest BCUT2D eigenvalue weighted by Gasteiger charge is -2.43. The molecule has 3 rings (SSSR count). The molecule has 0 spiro atoms. The summed E-state index contributed by atoms with van der Waals surface area (Å²) in [5.74, 6) is -1.53. The lowest BCUT2D eigenvalue weighted by atomic mass is 9.71. The summed E-state index contributed by atoms with van der Waals surface area (Å²) in [5.41, 5.74) is -0.405. The van der Waals surface area contributed by atoms with E-state index in [1.807, 2.05) is 0 Å². The molecule has 0 aliphatic heterocycles. The molecule has 5 nitrogen and oxygen atoms in total. The van der Waals surface area contributed by atoms with Crippen LogP contribution in [0.2, 0.25) is 0 Å². The summed E-state index contributed by atoms with van der Waals surface area (Å²) >= 11 is 0. The third kappa shape index (κ3) is 2.63. The van der Waals surface area contributed by atoms with Crippen molar-refractivity contribution in [3.05, 3.63) is 47.8 Å². The highest BCUT2D eigenvalue weighted by atomic mass is 19.1. The molecule has 1 aliphatic carbocycles. The van der Waals surface area contributed by atoms with Gasteiger partial charge in [-0.3, -0.25) is 4.79 Å². The largest absolute Gasteiger partial charge is 0.345 e. The summed E-state index contributed by atoms with van der Waals surface area (Å²) in [4.78, 5) is 12.1. The number of aromatic nitrogens is 3. The molecule has 1 heterocycles. The van der Waals surface area contributed by atoms with Crippen molar-refractivity contribution in [3.8, 4) is 0 Å². The first-order valence-corrected chi connectivity index (χ1v) is 6.70. The van der Waals surface area contributed by atoms with Gasteiger partial charge in [0.05, 0.1) is 11.7 Å². The maximum absolute atomic E-state index is 14.0. The smallest absolute Gasteiger partial charge is 0.242 e. The molecule has 0 radical (unpaired) electrons. The summed E-state index contributed by atoms with van der Waals surface area (Å²) in [6, 6.07) is 3.46. The van der Waals surface area contributed by atoms with Gasteiger partial charge in [0.15, 0.2) is 0 Å². The molecule has 7 heteroatoms. The van der Waals surface area contributed by atoms with Gasteiger partial charge in [-0.25, -0.2) is 13.5 Å². The molecule has 0 bridgehead atoms. The van der Waals surface area contributed by atoms with E-state index in [1.165, 1.54) is 23.0 Å². The molecular weight excluding hydrogens is 278 g/mol. The fourth-order valence-corrected chi connectivity index (χ4v) is 2.64. The maximum atomic E-state index is 14.0. The Balaban J connectivity index is 1.78. The van der Waals surface area contributed by atoms with Crippen molar-refractivity contribution in [3.63, 3.8) is 0 Å². The van der Waals surface area contributed by atoms with Crippen LogP contribution < -0.4 is 5.32 Å². The number of halogens is 2. The van der Waals surface area contributed by atoms with Crippen LogP contribution in [0.15, 0.2) is 30.6 Å². The van der Waals surface area contributed by atoms with E-state index >= 15 is 0 Å². The second-order valence-electron chi connectivity index (χ2n) is 5.21. The predicted molar refractivity (Wildman–Crippen MR) is 70.1 cm³/mol. The van der Waals surface area contributed by atoms with Gasteiger partial charge >= 0.3 is 0 Å². The van der Waals surface area contributed by atoms with Gasteiger partial charge in [-0.1, -0.05) is 11.3 Å². The molecule has 0 saturated heterocycles. The molecule has 1 aliphatic rings. The van der Waals surface area contributed by atoms with Gasteiger partial charge in [0.25, 0.3) is 0 Å². The molecular formula is C14H14F2N4O. The van der Waals surface area contributed by atoms with Crippen molar-refractivity contribution in [2.75, 3.05) is 0 Å². The third-order valence-corrected chi connectivity index (χ3v) is 3.81. The Morgan fingerprint density at radius 1 is 1.38 bits per heavy atom. The number of carbonyl (C=O) groups is 1. The first-order chi connectivity index (χ1) is 10.1. The monoisotopic (exact) mass is 292 g/mol. The highest BCUT2D eigenvalue weighted by Gasteiger charge is 2.41. The Kier molecular flexibility index (Phi) is 3.40. The molecule has 1 fully saturated rings. The number of rotatable bonds is 4. The van der Waals surface area contributed by atoms with E-state index in [9.17, 15) is 13.6 Å².